The van der Waals surface area contributed by atoms with E-state index in [4.69, 9.17) is 9.84 Å². The Morgan fingerprint density at radius 1 is 1.17 bits per heavy atom. The Kier molecular flexibility index (Phi) is 4.25. The van der Waals surface area contributed by atoms with Crippen molar-refractivity contribution in [2.75, 3.05) is 12.4 Å². The summed E-state index contributed by atoms with van der Waals surface area (Å²) in [5.74, 6) is -0.142. The van der Waals surface area contributed by atoms with E-state index in [1.165, 1.54) is 6.07 Å². The molecule has 3 rings (SSSR count). The van der Waals surface area contributed by atoms with Gasteiger partial charge in [-0.05, 0) is 54.7 Å². The van der Waals surface area contributed by atoms with Crippen LogP contribution in [0.15, 0.2) is 42.5 Å². The lowest BCUT2D eigenvalue weighted by atomic mass is 10.1. The lowest BCUT2D eigenvalue weighted by Gasteiger charge is -2.08. The second-order valence-corrected chi connectivity index (χ2v) is 6.05. The molecule has 0 aliphatic heterocycles. The van der Waals surface area contributed by atoms with E-state index < -0.39 is 5.97 Å². The second-order valence-electron chi connectivity index (χ2n) is 6.05. The van der Waals surface area contributed by atoms with Crippen LogP contribution in [0.25, 0.3) is 0 Å². The number of nitrogens with one attached hydrogen (secondary N) is 1. The van der Waals surface area contributed by atoms with Crippen molar-refractivity contribution in [2.24, 2.45) is 5.92 Å². The molecule has 2 aromatic carbocycles. The average Bonchev–Trinajstić information content (AvgIpc) is 3.37. The van der Waals surface area contributed by atoms with Crippen LogP contribution in [0.3, 0.4) is 0 Å². The molecular formula is C19H19NO4. The van der Waals surface area contributed by atoms with Crippen LogP contribution in [0.2, 0.25) is 0 Å². The number of carboxylic acids is 1. The number of carboxylic acid groups (broad SMARTS) is 1. The number of benzene rings is 2. The first-order valence-corrected chi connectivity index (χ1v) is 7.78. The lowest BCUT2D eigenvalue weighted by Crippen LogP contribution is -2.15. The van der Waals surface area contributed by atoms with E-state index in [0.717, 1.165) is 17.7 Å². The maximum Gasteiger partial charge on any atom is 0.336 e. The minimum atomic E-state index is -0.994. The summed E-state index contributed by atoms with van der Waals surface area (Å²) < 4.78 is 5.14. The van der Waals surface area contributed by atoms with Crippen LogP contribution in [0, 0.1) is 12.8 Å². The molecule has 2 N–H and O–H groups in total. The quantitative estimate of drug-likeness (QED) is 0.883. The Labute approximate surface area is 140 Å². The number of amides is 1. The SMILES string of the molecule is COc1ccc([C@@H]2C[C@H]2C(=O)Nc2ccc(C)c(C(=O)O)c2)cc1. The van der Waals surface area contributed by atoms with E-state index in [-0.39, 0.29) is 23.3 Å². The van der Waals surface area contributed by atoms with Gasteiger partial charge in [-0.2, -0.15) is 0 Å². The summed E-state index contributed by atoms with van der Waals surface area (Å²) in [5.41, 5.74) is 2.51. The zero-order valence-electron chi connectivity index (χ0n) is 13.6. The molecule has 0 heterocycles. The molecule has 2 atom stereocenters. The monoisotopic (exact) mass is 325 g/mol. The third-order valence-corrected chi connectivity index (χ3v) is 4.41. The second kappa shape index (κ2) is 6.35. The zero-order valence-corrected chi connectivity index (χ0v) is 13.6. The van der Waals surface area contributed by atoms with Crippen LogP contribution in [0.1, 0.15) is 33.8 Å². The Balaban J connectivity index is 1.66. The summed E-state index contributed by atoms with van der Waals surface area (Å²) in [6, 6.07) is 12.7. The van der Waals surface area contributed by atoms with Gasteiger partial charge in [0.15, 0.2) is 0 Å². The van der Waals surface area contributed by atoms with Gasteiger partial charge in [0.25, 0.3) is 0 Å². The van der Waals surface area contributed by atoms with E-state index in [9.17, 15) is 9.59 Å². The fraction of sp³-hybridized carbons (Fsp3) is 0.263. The van der Waals surface area contributed by atoms with Crippen molar-refractivity contribution in [2.45, 2.75) is 19.3 Å². The highest BCUT2D eigenvalue weighted by Crippen LogP contribution is 2.48. The Morgan fingerprint density at radius 3 is 2.50 bits per heavy atom. The third kappa shape index (κ3) is 3.25. The fourth-order valence-corrected chi connectivity index (χ4v) is 2.87. The maximum atomic E-state index is 12.4. The first kappa shape index (κ1) is 16.1. The number of anilines is 1. The van der Waals surface area contributed by atoms with Gasteiger partial charge in [-0.1, -0.05) is 18.2 Å². The van der Waals surface area contributed by atoms with Crippen LogP contribution in [0.5, 0.6) is 5.75 Å². The van der Waals surface area contributed by atoms with Crippen LogP contribution in [0.4, 0.5) is 5.69 Å². The fourth-order valence-electron chi connectivity index (χ4n) is 2.87. The molecule has 124 valence electrons. The molecule has 0 radical (unpaired) electrons. The van der Waals surface area contributed by atoms with Gasteiger partial charge in [-0.15, -0.1) is 0 Å². The normalized spacial score (nSPS) is 18.8. The van der Waals surface area contributed by atoms with E-state index in [2.05, 4.69) is 5.32 Å². The van der Waals surface area contributed by atoms with Crippen molar-refractivity contribution in [1.82, 2.24) is 0 Å². The first-order valence-electron chi connectivity index (χ1n) is 7.78. The smallest absolute Gasteiger partial charge is 0.336 e. The highest BCUT2D eigenvalue weighted by atomic mass is 16.5. The van der Waals surface area contributed by atoms with E-state index in [1.807, 2.05) is 24.3 Å². The summed E-state index contributed by atoms with van der Waals surface area (Å²) in [7, 11) is 1.62. The number of rotatable bonds is 5. The third-order valence-electron chi connectivity index (χ3n) is 4.41. The molecule has 1 saturated carbocycles. The molecule has 1 fully saturated rings. The molecule has 0 saturated heterocycles. The Morgan fingerprint density at radius 2 is 1.88 bits per heavy atom. The van der Waals surface area contributed by atoms with Crippen molar-refractivity contribution in [3.63, 3.8) is 0 Å². The number of carbonyl (C=O) groups is 2. The first-order chi connectivity index (χ1) is 11.5. The summed E-state index contributed by atoms with van der Waals surface area (Å²) in [6.07, 6.45) is 0.801. The number of methoxy groups -OCH3 is 1. The van der Waals surface area contributed by atoms with Crippen LogP contribution in [-0.4, -0.2) is 24.1 Å². The summed E-state index contributed by atoms with van der Waals surface area (Å²) >= 11 is 0. The summed E-state index contributed by atoms with van der Waals surface area (Å²) in [6.45, 7) is 1.73. The van der Waals surface area contributed by atoms with E-state index in [1.54, 1.807) is 26.2 Å². The number of ether oxygens (including phenoxy) is 1. The van der Waals surface area contributed by atoms with Crippen LogP contribution < -0.4 is 10.1 Å². The van der Waals surface area contributed by atoms with Crippen molar-refractivity contribution in [1.29, 1.82) is 0 Å². The van der Waals surface area contributed by atoms with E-state index in [0.29, 0.717) is 11.3 Å². The standard InChI is InChI=1S/C19H19NO4/c1-11-3-6-13(9-15(11)19(22)23)20-18(21)17-10-16(17)12-4-7-14(24-2)8-5-12/h3-9,16-17H,10H2,1-2H3,(H,20,21)(H,22,23)/t16-,17+/m0/s1. The van der Waals surface area contributed by atoms with Gasteiger partial charge >= 0.3 is 5.97 Å². The zero-order chi connectivity index (χ0) is 17.3. The van der Waals surface area contributed by atoms with Gasteiger partial charge in [0.05, 0.1) is 12.7 Å². The molecule has 2 aromatic rings. The van der Waals surface area contributed by atoms with Crippen LogP contribution >= 0.6 is 0 Å². The molecular weight excluding hydrogens is 306 g/mol. The van der Waals surface area contributed by atoms with Crippen molar-refractivity contribution < 1.29 is 19.4 Å². The number of aromatic carboxylic acids is 1. The van der Waals surface area contributed by atoms with Gasteiger partial charge in [0.2, 0.25) is 5.91 Å². The minimum Gasteiger partial charge on any atom is -0.497 e. The molecule has 5 heteroatoms. The highest BCUT2D eigenvalue weighted by molar-refractivity contribution is 5.97. The van der Waals surface area contributed by atoms with Gasteiger partial charge in [-0.3, -0.25) is 4.79 Å². The largest absolute Gasteiger partial charge is 0.497 e. The predicted octanol–water partition coefficient (Wildman–Crippen LogP) is 3.44. The number of hydrogen-bond donors (Lipinski definition) is 2. The number of carbonyl (C=O) groups excluding carboxylic acids is 1. The predicted molar refractivity (Wildman–Crippen MR) is 90.6 cm³/mol. The molecule has 1 aliphatic carbocycles. The molecule has 5 nitrogen and oxygen atoms in total. The molecule has 0 aromatic heterocycles. The van der Waals surface area contributed by atoms with Gasteiger partial charge in [0, 0.05) is 11.6 Å². The molecule has 0 bridgehead atoms. The summed E-state index contributed by atoms with van der Waals surface area (Å²) in [4.78, 5) is 23.5. The number of aryl methyl sites for hydroxylation is 1. The van der Waals surface area contributed by atoms with Crippen molar-refractivity contribution >= 4 is 17.6 Å². The van der Waals surface area contributed by atoms with Gasteiger partial charge in [-0.25, -0.2) is 4.79 Å². The van der Waals surface area contributed by atoms with Crippen molar-refractivity contribution in [3.05, 3.63) is 59.2 Å². The van der Waals surface area contributed by atoms with Gasteiger partial charge < -0.3 is 15.2 Å². The minimum absolute atomic E-state index is 0.0731. The number of hydrogen-bond acceptors (Lipinski definition) is 3. The average molecular weight is 325 g/mol. The van der Waals surface area contributed by atoms with Crippen LogP contribution in [-0.2, 0) is 4.79 Å². The van der Waals surface area contributed by atoms with Gasteiger partial charge in [0.1, 0.15) is 5.75 Å². The van der Waals surface area contributed by atoms with E-state index >= 15 is 0 Å². The maximum absolute atomic E-state index is 12.4. The molecule has 0 spiro atoms. The molecule has 24 heavy (non-hydrogen) atoms. The summed E-state index contributed by atoms with van der Waals surface area (Å²) in [5, 5.41) is 12.0. The topological polar surface area (TPSA) is 75.6 Å². The van der Waals surface area contributed by atoms with Crippen molar-refractivity contribution in [3.8, 4) is 5.75 Å². The Hall–Kier alpha value is -2.82. The Bertz CT molecular complexity index is 782. The molecule has 1 aliphatic rings. The molecule has 1 amide bonds. The lowest BCUT2D eigenvalue weighted by molar-refractivity contribution is -0.117. The highest BCUT2D eigenvalue weighted by Gasteiger charge is 2.43. The molecule has 0 unspecified atom stereocenters.